The molecule has 0 aliphatic rings. The SMILES string of the molecule is COc1ccc(CCC(OC)(OC)c2cccc(/C=C/c3ccc4ccc(Cl)cc4n3)c2)c(C(=O)O)c1. The van der Waals surface area contributed by atoms with Crippen LogP contribution in [0.4, 0.5) is 0 Å². The molecule has 0 amide bonds. The van der Waals surface area contributed by atoms with Crippen LogP contribution in [0.15, 0.2) is 72.8 Å². The van der Waals surface area contributed by atoms with Gasteiger partial charge in [0.25, 0.3) is 0 Å². The van der Waals surface area contributed by atoms with Crippen molar-refractivity contribution in [1.29, 1.82) is 0 Å². The van der Waals surface area contributed by atoms with Gasteiger partial charge in [-0.15, -0.1) is 0 Å². The van der Waals surface area contributed by atoms with Gasteiger partial charge in [-0.3, -0.25) is 0 Å². The average molecular weight is 518 g/mol. The van der Waals surface area contributed by atoms with Crippen LogP contribution in [0.1, 0.15) is 39.2 Å². The van der Waals surface area contributed by atoms with E-state index in [0.29, 0.717) is 29.2 Å². The summed E-state index contributed by atoms with van der Waals surface area (Å²) in [6.45, 7) is 0. The monoisotopic (exact) mass is 517 g/mol. The first kappa shape index (κ1) is 26.4. The smallest absolute Gasteiger partial charge is 0.336 e. The highest BCUT2D eigenvalue weighted by Gasteiger charge is 2.32. The van der Waals surface area contributed by atoms with Crippen molar-refractivity contribution in [2.24, 2.45) is 0 Å². The van der Waals surface area contributed by atoms with E-state index in [1.807, 2.05) is 66.7 Å². The molecule has 0 bridgehead atoms. The minimum absolute atomic E-state index is 0.196. The van der Waals surface area contributed by atoms with Gasteiger partial charge in [0.05, 0.1) is 23.9 Å². The van der Waals surface area contributed by atoms with Crippen molar-refractivity contribution >= 4 is 40.6 Å². The Labute approximate surface area is 221 Å². The molecular weight excluding hydrogens is 490 g/mol. The fraction of sp³-hybridized carbons (Fsp3) is 0.200. The Morgan fingerprint density at radius 2 is 1.76 bits per heavy atom. The van der Waals surface area contributed by atoms with Crippen LogP contribution in [0.3, 0.4) is 0 Å². The van der Waals surface area contributed by atoms with Crippen LogP contribution in [0.5, 0.6) is 5.75 Å². The number of hydrogen-bond donors (Lipinski definition) is 1. The Hall–Kier alpha value is -3.71. The maximum Gasteiger partial charge on any atom is 0.336 e. The summed E-state index contributed by atoms with van der Waals surface area (Å²) in [6.07, 6.45) is 4.76. The molecule has 190 valence electrons. The van der Waals surface area contributed by atoms with Crippen molar-refractivity contribution in [3.63, 3.8) is 0 Å². The summed E-state index contributed by atoms with van der Waals surface area (Å²) in [4.78, 5) is 16.5. The predicted octanol–water partition coefficient (Wildman–Crippen LogP) is 6.84. The van der Waals surface area contributed by atoms with Crippen LogP contribution >= 0.6 is 11.6 Å². The summed E-state index contributed by atoms with van der Waals surface area (Å²) in [5.41, 5.74) is 4.28. The number of hydrogen-bond acceptors (Lipinski definition) is 5. The van der Waals surface area contributed by atoms with Crippen LogP contribution in [-0.2, 0) is 21.7 Å². The fourth-order valence-corrected chi connectivity index (χ4v) is 4.49. The number of rotatable bonds is 10. The quantitative estimate of drug-likeness (QED) is 0.232. The van der Waals surface area contributed by atoms with Crippen molar-refractivity contribution in [2.45, 2.75) is 18.6 Å². The fourth-order valence-electron chi connectivity index (χ4n) is 4.33. The van der Waals surface area contributed by atoms with Gasteiger partial charge in [0.2, 0.25) is 0 Å². The number of ether oxygens (including phenoxy) is 3. The molecule has 0 aliphatic heterocycles. The van der Waals surface area contributed by atoms with Crippen LogP contribution < -0.4 is 4.74 Å². The number of carboxylic acid groups (broad SMARTS) is 1. The molecule has 1 heterocycles. The zero-order valence-corrected chi connectivity index (χ0v) is 21.7. The molecule has 1 aromatic heterocycles. The molecular formula is C30H28ClNO5. The number of benzene rings is 3. The lowest BCUT2D eigenvalue weighted by Crippen LogP contribution is -2.31. The third-order valence-corrected chi connectivity index (χ3v) is 6.61. The molecule has 6 nitrogen and oxygen atoms in total. The summed E-state index contributed by atoms with van der Waals surface area (Å²) >= 11 is 6.12. The van der Waals surface area contributed by atoms with Gasteiger partial charge in [-0.2, -0.15) is 0 Å². The number of carboxylic acids is 1. The van der Waals surface area contributed by atoms with E-state index in [9.17, 15) is 9.90 Å². The van der Waals surface area contributed by atoms with E-state index in [0.717, 1.165) is 27.7 Å². The Bertz CT molecular complexity index is 1450. The zero-order chi connectivity index (χ0) is 26.4. The van der Waals surface area contributed by atoms with Gasteiger partial charge in [0.1, 0.15) is 5.75 Å². The maximum atomic E-state index is 11.8. The summed E-state index contributed by atoms with van der Waals surface area (Å²) in [7, 11) is 4.68. The molecule has 7 heteroatoms. The number of aryl methyl sites for hydroxylation is 1. The molecule has 1 N–H and O–H groups in total. The Kier molecular flexibility index (Phi) is 8.24. The van der Waals surface area contributed by atoms with Gasteiger partial charge in [-0.25, -0.2) is 9.78 Å². The summed E-state index contributed by atoms with van der Waals surface area (Å²) in [5.74, 6) is -1.57. The highest BCUT2D eigenvalue weighted by Crippen LogP contribution is 2.33. The number of methoxy groups -OCH3 is 3. The normalized spacial score (nSPS) is 11.8. The first-order chi connectivity index (χ1) is 17.9. The molecule has 37 heavy (non-hydrogen) atoms. The van der Waals surface area contributed by atoms with Crippen LogP contribution in [0.2, 0.25) is 5.02 Å². The van der Waals surface area contributed by atoms with Crippen LogP contribution in [0.25, 0.3) is 23.1 Å². The minimum Gasteiger partial charge on any atom is -0.497 e. The first-order valence-corrected chi connectivity index (χ1v) is 12.1. The second kappa shape index (κ2) is 11.6. The number of nitrogens with zero attached hydrogens (tertiary/aromatic N) is 1. The summed E-state index contributed by atoms with van der Waals surface area (Å²) in [6, 6.07) is 22.5. The summed E-state index contributed by atoms with van der Waals surface area (Å²) in [5, 5.41) is 11.3. The van der Waals surface area contributed by atoms with Crippen molar-refractivity contribution < 1.29 is 24.1 Å². The lowest BCUT2D eigenvalue weighted by atomic mass is 9.94. The first-order valence-electron chi connectivity index (χ1n) is 11.7. The van der Waals surface area contributed by atoms with E-state index in [-0.39, 0.29) is 5.56 Å². The van der Waals surface area contributed by atoms with Crippen molar-refractivity contribution in [2.75, 3.05) is 21.3 Å². The maximum absolute atomic E-state index is 11.8. The standard InChI is InChI=1S/C30H28ClNO5/c1-35-26-14-10-21(27(19-26)29(33)34)15-16-30(36-2,37-3)23-6-4-5-20(17-23)7-12-25-13-9-22-8-11-24(31)18-28(22)32-25/h4-14,17-19H,15-16H2,1-3H3,(H,33,34)/b12-7+. The molecule has 3 aromatic carbocycles. The molecule has 0 spiro atoms. The van der Waals surface area contributed by atoms with Gasteiger partial charge >= 0.3 is 5.97 Å². The van der Waals surface area contributed by atoms with Crippen LogP contribution in [0, 0.1) is 0 Å². The van der Waals surface area contributed by atoms with E-state index in [2.05, 4.69) is 4.98 Å². The lowest BCUT2D eigenvalue weighted by Gasteiger charge is -2.32. The molecule has 0 unspecified atom stereocenters. The second-order valence-corrected chi connectivity index (χ2v) is 8.96. The molecule has 0 saturated carbocycles. The van der Waals surface area contributed by atoms with Gasteiger partial charge in [0.15, 0.2) is 5.79 Å². The van der Waals surface area contributed by atoms with Crippen LogP contribution in [-0.4, -0.2) is 37.4 Å². The van der Waals surface area contributed by atoms with Gasteiger partial charge in [-0.05, 0) is 60.0 Å². The molecule has 0 atom stereocenters. The highest BCUT2D eigenvalue weighted by atomic mass is 35.5. The van der Waals surface area contributed by atoms with E-state index >= 15 is 0 Å². The van der Waals surface area contributed by atoms with Crippen molar-refractivity contribution in [3.05, 3.63) is 106 Å². The number of carbonyl (C=O) groups is 1. The van der Waals surface area contributed by atoms with Gasteiger partial charge < -0.3 is 19.3 Å². The van der Waals surface area contributed by atoms with E-state index in [1.54, 1.807) is 26.4 Å². The molecule has 0 fully saturated rings. The molecule has 4 rings (SSSR count). The Balaban J connectivity index is 1.58. The van der Waals surface area contributed by atoms with Gasteiger partial charge in [-0.1, -0.05) is 54.1 Å². The number of pyridine rings is 1. The van der Waals surface area contributed by atoms with Crippen molar-refractivity contribution in [1.82, 2.24) is 4.98 Å². The number of fused-ring (bicyclic) bond motifs is 1. The average Bonchev–Trinajstić information content (AvgIpc) is 2.92. The van der Waals surface area contributed by atoms with E-state index < -0.39 is 11.8 Å². The van der Waals surface area contributed by atoms with E-state index in [4.69, 9.17) is 25.8 Å². The largest absolute Gasteiger partial charge is 0.497 e. The number of aromatic carboxylic acids is 1. The number of aromatic nitrogens is 1. The topological polar surface area (TPSA) is 77.9 Å². The predicted molar refractivity (Wildman–Crippen MR) is 146 cm³/mol. The molecule has 4 aromatic rings. The van der Waals surface area contributed by atoms with E-state index in [1.165, 1.54) is 13.2 Å². The third kappa shape index (κ3) is 6.00. The minimum atomic E-state index is -1.06. The molecule has 0 aliphatic carbocycles. The molecule has 0 radical (unpaired) electrons. The highest BCUT2D eigenvalue weighted by molar-refractivity contribution is 6.31. The Morgan fingerprint density at radius 3 is 2.49 bits per heavy atom. The number of halogens is 1. The molecule has 0 saturated heterocycles. The third-order valence-electron chi connectivity index (χ3n) is 6.38. The van der Waals surface area contributed by atoms with Crippen molar-refractivity contribution in [3.8, 4) is 5.75 Å². The Morgan fingerprint density at radius 1 is 0.973 bits per heavy atom. The summed E-state index contributed by atoms with van der Waals surface area (Å²) < 4.78 is 16.9. The zero-order valence-electron chi connectivity index (χ0n) is 20.9. The van der Waals surface area contributed by atoms with Gasteiger partial charge in [0, 0.05) is 36.6 Å². The lowest BCUT2D eigenvalue weighted by molar-refractivity contribution is -0.219. The second-order valence-electron chi connectivity index (χ2n) is 8.52.